The lowest BCUT2D eigenvalue weighted by molar-refractivity contribution is 0.282. The molecule has 0 spiro atoms. The number of aromatic hydroxyl groups is 1. The number of aliphatic hydroxyl groups excluding tert-OH is 2. The smallest absolute Gasteiger partial charge is 0.437 e. The molecule has 0 aliphatic heterocycles. The maximum atomic E-state index is 11.9. The Kier molecular flexibility index (Phi) is 24.6. The first-order chi connectivity index (χ1) is 39.0. The Bertz CT molecular complexity index is 4060. The Morgan fingerprint density at radius 2 is 1.01 bits per heavy atom. The first-order valence-corrected chi connectivity index (χ1v) is 27.2. The fourth-order valence-corrected chi connectivity index (χ4v) is 7.50. The Balaban J connectivity index is 0.00000110. The number of rotatable bonds is 18. The van der Waals surface area contributed by atoms with E-state index >= 15 is 0 Å². The summed E-state index contributed by atoms with van der Waals surface area (Å²) in [5, 5.41) is 67.6. The molecule has 0 radical (unpaired) electrons. The number of methoxy groups -OCH3 is 2. The second-order valence-corrected chi connectivity index (χ2v) is 18.4. The van der Waals surface area contributed by atoms with Crippen molar-refractivity contribution in [3.05, 3.63) is 132 Å². The van der Waals surface area contributed by atoms with Crippen molar-refractivity contribution in [2.75, 3.05) is 26.6 Å². The Morgan fingerprint density at radius 1 is 0.561 bits per heavy atom. The largest absolute Gasteiger partial charge is 0.505 e. The van der Waals surface area contributed by atoms with Gasteiger partial charge in [-0.3, -0.25) is 4.55 Å². The summed E-state index contributed by atoms with van der Waals surface area (Å²) in [7, 11) is -11.0. The van der Waals surface area contributed by atoms with Crippen molar-refractivity contribution < 1.29 is 85.2 Å². The van der Waals surface area contributed by atoms with Gasteiger partial charge < -0.3 is 35.3 Å². The summed E-state index contributed by atoms with van der Waals surface area (Å²) in [6.45, 7) is 3.08. The topological polar surface area (TPSA) is 441 Å². The van der Waals surface area contributed by atoms with Crippen LogP contribution in [0.15, 0.2) is 161 Å². The standard InChI is InChI=1S/C49H44N10O10S.3O3S/c1-5-18-69-47-23-39(29(2)19-42(47)56-51-37-8-6-7-9-48(37)70(64,65)66)53-54-40-24-46(68-4)44(22-31(40)26-60)58-55-41-25-45(67-3)43(21-32(41)27-61)57-52-38-17-10-30-20-35(15-16-36(30)49(38)63)59(28-62)34-13-11-33(50)12-14-34;3*1-4(2)3/h6-17,19-25,60-61H,5,18,26-27,50H2,1-4H3,(H-,51,53,57,58,63,64,65,66);;;/p+1. The zero-order valence-electron chi connectivity index (χ0n) is 42.9. The Hall–Kier alpha value is -9.73. The third-order valence-electron chi connectivity index (χ3n) is 10.5. The number of nitrogens with zero attached hydrogens (tertiary/aromatic N) is 9. The molecule has 7 aromatic rings. The van der Waals surface area contributed by atoms with Crippen molar-refractivity contribution in [3.8, 4) is 23.0 Å². The highest BCUT2D eigenvalue weighted by atomic mass is 32.2. The predicted octanol–water partition coefficient (Wildman–Crippen LogP) is 9.29. The molecule has 29 nitrogen and oxygen atoms in total. The number of fused-ring (bicyclic) bond motifs is 1. The van der Waals surface area contributed by atoms with Crippen molar-refractivity contribution in [2.24, 2.45) is 40.9 Å². The van der Waals surface area contributed by atoms with E-state index in [1.807, 2.05) is 13.0 Å². The molecule has 0 aliphatic carbocycles. The number of aryl methyl sites for hydroxylation is 1. The fourth-order valence-electron chi connectivity index (χ4n) is 6.88. The van der Waals surface area contributed by atoms with Crippen LogP contribution in [0.1, 0.15) is 30.0 Å². The van der Waals surface area contributed by atoms with E-state index in [1.54, 1.807) is 79.7 Å². The van der Waals surface area contributed by atoms with E-state index in [0.717, 1.165) is 0 Å². The number of nitrogen functional groups attached to an aromatic ring is 1. The van der Waals surface area contributed by atoms with E-state index in [1.165, 1.54) is 61.3 Å². The normalized spacial score (nSPS) is 11.0. The number of anilines is 1. The van der Waals surface area contributed by atoms with E-state index in [0.29, 0.717) is 69.0 Å². The van der Waals surface area contributed by atoms with Crippen LogP contribution < -0.4 is 24.5 Å². The monoisotopic (exact) mass is 1210 g/mol. The molecule has 0 heterocycles. The van der Waals surface area contributed by atoms with Crippen molar-refractivity contribution in [1.29, 1.82) is 0 Å². The lowest BCUT2D eigenvalue weighted by Gasteiger charge is -2.11. The van der Waals surface area contributed by atoms with Gasteiger partial charge in [-0.05, 0) is 78.9 Å². The predicted molar refractivity (Wildman–Crippen MR) is 290 cm³/mol. The summed E-state index contributed by atoms with van der Waals surface area (Å²) in [5.74, 6) is 0.594. The molecule has 82 heavy (non-hydrogen) atoms. The van der Waals surface area contributed by atoms with Crippen LogP contribution in [-0.2, 0) is 60.0 Å². The summed E-state index contributed by atoms with van der Waals surface area (Å²) < 4.78 is 128. The summed E-state index contributed by atoms with van der Waals surface area (Å²) in [4.78, 5) is 11.5. The number of hydrogen-bond acceptors (Lipinski definition) is 27. The fraction of sp³-hybridized carbons (Fsp3) is 0.163. The van der Waals surface area contributed by atoms with Gasteiger partial charge in [-0.2, -0.15) is 23.4 Å². The third kappa shape index (κ3) is 19.0. The molecular weight excluding hydrogens is 1160 g/mol. The number of nitrogens with two attached hydrogens (primary N) is 1. The van der Waals surface area contributed by atoms with Crippen LogP contribution in [0.4, 0.5) is 62.6 Å². The highest BCUT2D eigenvalue weighted by molar-refractivity contribution is 7.86. The molecule has 33 heteroatoms. The van der Waals surface area contributed by atoms with Gasteiger partial charge in [0.25, 0.3) is 10.1 Å². The minimum Gasteiger partial charge on any atom is -0.505 e. The number of hydrogen-bond donors (Lipinski definition) is 5. The van der Waals surface area contributed by atoms with E-state index in [2.05, 4.69) is 40.9 Å². The SMILES string of the molecule is CCCOc1cc(N=Nc2cc(OC)c(N=Nc3cc(OC)c(N=Nc4ccc5cc([N+](=C=O)c6ccc(N)cc6)ccc5c4O)cc3CO)cc2CO)c(C)cc1N=Nc1ccccc1S(=O)(=O)O.O=S(=O)=O.O=S(=O)=O.O=S(=O)=O. The van der Waals surface area contributed by atoms with Gasteiger partial charge in [-0.25, -0.2) is 0 Å². The highest BCUT2D eigenvalue weighted by Crippen LogP contribution is 2.43. The van der Waals surface area contributed by atoms with Crippen LogP contribution >= 0.6 is 0 Å². The van der Waals surface area contributed by atoms with Gasteiger partial charge in [-0.15, -0.1) is 68.6 Å². The molecule has 0 fully saturated rings. The average molecular weight is 1210 g/mol. The maximum Gasteiger partial charge on any atom is 0.437 e. The number of isocyanates is 1. The van der Waals surface area contributed by atoms with Gasteiger partial charge in [0.2, 0.25) is 11.4 Å². The second-order valence-electron chi connectivity index (χ2n) is 15.8. The quantitative estimate of drug-likeness (QED) is 0.0133. The van der Waals surface area contributed by atoms with Gasteiger partial charge in [0, 0.05) is 64.7 Å². The van der Waals surface area contributed by atoms with Crippen LogP contribution in [0, 0.1) is 6.92 Å². The Morgan fingerprint density at radius 3 is 1.50 bits per heavy atom. The van der Waals surface area contributed by atoms with Crippen molar-refractivity contribution in [1.82, 2.24) is 4.58 Å². The van der Waals surface area contributed by atoms with Gasteiger partial charge in [0.15, 0.2) is 5.75 Å². The molecule has 0 saturated heterocycles. The zero-order valence-corrected chi connectivity index (χ0v) is 46.2. The number of phenolic OH excluding ortho intramolecular Hbond substituents is 1. The lowest BCUT2D eigenvalue weighted by atomic mass is 10.1. The molecule has 0 saturated carbocycles. The lowest BCUT2D eigenvalue weighted by Crippen LogP contribution is -2.01. The number of phenols is 1. The van der Waals surface area contributed by atoms with Crippen LogP contribution in [-0.4, -0.2) is 93.1 Å². The van der Waals surface area contributed by atoms with Crippen molar-refractivity contribution in [2.45, 2.75) is 38.4 Å². The van der Waals surface area contributed by atoms with Crippen molar-refractivity contribution >= 4 is 121 Å². The summed E-state index contributed by atoms with van der Waals surface area (Å²) in [6.07, 6.45) is 2.59. The third-order valence-corrected chi connectivity index (χ3v) is 11.4. The van der Waals surface area contributed by atoms with Crippen molar-refractivity contribution in [3.63, 3.8) is 0 Å². The van der Waals surface area contributed by atoms with Gasteiger partial charge in [0.05, 0.1) is 51.1 Å². The van der Waals surface area contributed by atoms with E-state index in [-0.39, 0.29) is 57.1 Å². The highest BCUT2D eigenvalue weighted by Gasteiger charge is 2.19. The first-order valence-electron chi connectivity index (χ1n) is 22.7. The number of aliphatic hydroxyl groups is 2. The van der Waals surface area contributed by atoms with Crippen LogP contribution in [0.5, 0.6) is 23.0 Å². The van der Waals surface area contributed by atoms with E-state index in [9.17, 15) is 33.1 Å². The molecule has 0 bridgehead atoms. The van der Waals surface area contributed by atoms with Crippen LogP contribution in [0.2, 0.25) is 0 Å². The molecule has 0 aliphatic rings. The zero-order chi connectivity index (χ0) is 60.7. The first kappa shape index (κ1) is 64.8. The molecular formula is C49H45N10O19S4+. The van der Waals surface area contributed by atoms with E-state index < -0.39 is 60.1 Å². The minimum absolute atomic E-state index is 0.0649. The number of azo groups is 4. The summed E-state index contributed by atoms with van der Waals surface area (Å²) in [5.41, 5.74) is 10.3. The second kappa shape index (κ2) is 31.2. The Labute approximate surface area is 469 Å². The number of benzene rings is 7. The molecule has 7 rings (SSSR count). The van der Waals surface area contributed by atoms with Gasteiger partial charge in [0.1, 0.15) is 50.6 Å². The average Bonchev–Trinajstić information content (AvgIpc) is 3.62. The molecule has 0 aromatic heterocycles. The molecule has 0 amide bonds. The molecule has 7 aromatic carbocycles. The molecule has 6 N–H and O–H groups in total. The maximum absolute atomic E-state index is 11.9. The molecule has 0 unspecified atom stereocenters. The number of carbonyl (C=O) groups excluding carboxylic acids is 1. The summed E-state index contributed by atoms with van der Waals surface area (Å²) >= 11 is 0. The van der Waals surface area contributed by atoms with E-state index in [4.69, 9.17) is 57.8 Å². The molecule has 0 atom stereocenters. The molecule has 428 valence electrons. The van der Waals surface area contributed by atoms with Crippen LogP contribution in [0.25, 0.3) is 10.8 Å². The van der Waals surface area contributed by atoms with Crippen LogP contribution in [0.3, 0.4) is 0 Å². The minimum atomic E-state index is -4.56. The van der Waals surface area contributed by atoms with Gasteiger partial charge >= 0.3 is 37.9 Å². The van der Waals surface area contributed by atoms with Gasteiger partial charge in [-0.1, -0.05) is 29.7 Å². The summed E-state index contributed by atoms with van der Waals surface area (Å²) in [6, 6.07) is 30.0. The number of ether oxygens (including phenoxy) is 3.